The van der Waals surface area contributed by atoms with Crippen molar-refractivity contribution in [2.24, 2.45) is 0 Å². The second-order valence-corrected chi connectivity index (χ2v) is 6.77. The van der Waals surface area contributed by atoms with Crippen molar-refractivity contribution in [1.82, 2.24) is 14.8 Å². The van der Waals surface area contributed by atoms with Gasteiger partial charge < -0.3 is 0 Å². The van der Waals surface area contributed by atoms with Crippen molar-refractivity contribution >= 4 is 33.7 Å². The molecule has 3 aromatic heterocycles. The minimum absolute atomic E-state index is 0.232. The molecule has 0 aliphatic rings. The lowest BCUT2D eigenvalue weighted by molar-refractivity contribution is 0.101. The summed E-state index contributed by atoms with van der Waals surface area (Å²) >= 11 is 2.97. The van der Waals surface area contributed by atoms with Crippen molar-refractivity contribution in [3.05, 3.63) is 71.2 Å². The second-order valence-electron chi connectivity index (χ2n) is 4.93. The van der Waals surface area contributed by atoms with E-state index in [1.165, 1.54) is 11.3 Å². The molecule has 0 unspecified atom stereocenters. The van der Waals surface area contributed by atoms with Gasteiger partial charge in [0.2, 0.25) is 0 Å². The molecule has 24 heavy (non-hydrogen) atoms. The lowest BCUT2D eigenvalue weighted by atomic mass is 10.3. The van der Waals surface area contributed by atoms with Gasteiger partial charge in [-0.05, 0) is 29.6 Å². The highest BCUT2D eigenvalue weighted by Crippen LogP contribution is 2.26. The quantitative estimate of drug-likeness (QED) is 0.595. The van der Waals surface area contributed by atoms with E-state index < -0.39 is 0 Å². The Labute approximate surface area is 146 Å². The van der Waals surface area contributed by atoms with Crippen molar-refractivity contribution in [2.75, 3.05) is 5.32 Å². The highest BCUT2D eigenvalue weighted by atomic mass is 32.1. The van der Waals surface area contributed by atoms with Gasteiger partial charge in [-0.1, -0.05) is 24.3 Å². The van der Waals surface area contributed by atoms with Crippen molar-refractivity contribution in [3.63, 3.8) is 0 Å². The van der Waals surface area contributed by atoms with Gasteiger partial charge in [-0.2, -0.15) is 5.10 Å². The van der Waals surface area contributed by atoms with Crippen molar-refractivity contribution in [1.29, 1.82) is 0 Å². The third-order valence-corrected chi connectivity index (χ3v) is 4.95. The summed E-state index contributed by atoms with van der Waals surface area (Å²) in [6.45, 7) is 0. The Morgan fingerprint density at radius 2 is 1.92 bits per heavy atom. The van der Waals surface area contributed by atoms with Crippen LogP contribution in [0.2, 0.25) is 0 Å². The molecule has 5 nitrogen and oxygen atoms in total. The average Bonchev–Trinajstić information content (AvgIpc) is 3.36. The zero-order chi connectivity index (χ0) is 16.4. The molecule has 0 spiro atoms. The number of aromatic nitrogens is 3. The summed E-state index contributed by atoms with van der Waals surface area (Å²) < 4.78 is 1.66. The van der Waals surface area contributed by atoms with Crippen molar-refractivity contribution < 1.29 is 4.79 Å². The number of para-hydroxylation sites is 1. The molecular formula is C17H12N4OS2. The minimum Gasteiger partial charge on any atom is -0.296 e. The fourth-order valence-electron chi connectivity index (χ4n) is 2.30. The van der Waals surface area contributed by atoms with Crippen LogP contribution in [0.1, 0.15) is 10.5 Å². The molecule has 1 aromatic carbocycles. The highest BCUT2D eigenvalue weighted by Gasteiger charge is 2.18. The first-order valence-electron chi connectivity index (χ1n) is 7.21. The maximum absolute atomic E-state index is 12.7. The molecule has 1 N–H and O–H groups in total. The summed E-state index contributed by atoms with van der Waals surface area (Å²) in [7, 11) is 0. The Morgan fingerprint density at radius 3 is 2.62 bits per heavy atom. The minimum atomic E-state index is -0.232. The van der Waals surface area contributed by atoms with Crippen LogP contribution in [-0.2, 0) is 0 Å². The van der Waals surface area contributed by atoms with Crippen LogP contribution in [0.5, 0.6) is 0 Å². The fourth-order valence-corrected chi connectivity index (χ4v) is 3.51. The zero-order valence-electron chi connectivity index (χ0n) is 12.4. The number of carbonyl (C=O) groups is 1. The van der Waals surface area contributed by atoms with Gasteiger partial charge in [0.1, 0.15) is 11.4 Å². The van der Waals surface area contributed by atoms with Gasteiger partial charge in [0.05, 0.1) is 10.6 Å². The average molecular weight is 352 g/mol. The zero-order valence-corrected chi connectivity index (χ0v) is 14.1. The molecule has 0 saturated heterocycles. The van der Waals surface area contributed by atoms with E-state index in [0.717, 1.165) is 16.3 Å². The van der Waals surface area contributed by atoms with E-state index in [1.54, 1.807) is 22.2 Å². The molecule has 3 heterocycles. The molecule has 0 bridgehead atoms. The third-order valence-electron chi connectivity index (χ3n) is 3.37. The first kappa shape index (κ1) is 14.8. The molecule has 118 valence electrons. The van der Waals surface area contributed by atoms with Crippen LogP contribution in [0.4, 0.5) is 5.13 Å². The first-order valence-corrected chi connectivity index (χ1v) is 8.97. The van der Waals surface area contributed by atoms with Crippen molar-refractivity contribution in [2.45, 2.75) is 0 Å². The van der Waals surface area contributed by atoms with E-state index in [-0.39, 0.29) is 5.91 Å². The molecule has 0 atom stereocenters. The van der Waals surface area contributed by atoms with Gasteiger partial charge in [-0.25, -0.2) is 9.67 Å². The standard InChI is InChI=1S/C17H12N4OS2/c22-16(19-17-18-8-10-24-17)14-11-13(15-7-4-9-23-15)20-21(14)12-5-2-1-3-6-12/h1-11H,(H,18,19,22). The fraction of sp³-hybridized carbons (Fsp3) is 0. The molecule has 1 amide bonds. The molecular weight excluding hydrogens is 340 g/mol. The lowest BCUT2D eigenvalue weighted by Crippen LogP contribution is -2.16. The summed E-state index contributed by atoms with van der Waals surface area (Å²) in [6.07, 6.45) is 1.66. The molecule has 0 radical (unpaired) electrons. The van der Waals surface area contributed by atoms with Crippen LogP contribution in [-0.4, -0.2) is 20.7 Å². The summed E-state index contributed by atoms with van der Waals surface area (Å²) in [5.41, 5.74) is 2.09. The number of nitrogens with one attached hydrogen (secondary N) is 1. The SMILES string of the molecule is O=C(Nc1nccs1)c1cc(-c2cccs2)nn1-c1ccccc1. The van der Waals surface area contributed by atoms with Crippen LogP contribution >= 0.6 is 22.7 Å². The Bertz CT molecular complexity index is 944. The number of anilines is 1. The lowest BCUT2D eigenvalue weighted by Gasteiger charge is -2.06. The summed E-state index contributed by atoms with van der Waals surface area (Å²) in [5.74, 6) is -0.232. The Kier molecular flexibility index (Phi) is 3.94. The van der Waals surface area contributed by atoms with Gasteiger partial charge in [0, 0.05) is 11.6 Å². The van der Waals surface area contributed by atoms with Crippen LogP contribution in [0, 0.1) is 0 Å². The highest BCUT2D eigenvalue weighted by molar-refractivity contribution is 7.14. The molecule has 0 fully saturated rings. The number of thiazole rings is 1. The number of hydrogen-bond donors (Lipinski definition) is 1. The van der Waals surface area contributed by atoms with Crippen molar-refractivity contribution in [3.8, 4) is 16.3 Å². The van der Waals surface area contributed by atoms with E-state index in [1.807, 2.05) is 59.3 Å². The predicted octanol–water partition coefficient (Wildman–Crippen LogP) is 4.31. The van der Waals surface area contributed by atoms with Crippen LogP contribution < -0.4 is 5.32 Å². The van der Waals surface area contributed by atoms with Gasteiger partial charge in [0.15, 0.2) is 5.13 Å². The van der Waals surface area contributed by atoms with Gasteiger partial charge in [-0.3, -0.25) is 10.1 Å². The van der Waals surface area contributed by atoms with Crippen LogP contribution in [0.3, 0.4) is 0 Å². The normalized spacial score (nSPS) is 10.7. The third kappa shape index (κ3) is 2.86. The Hall–Kier alpha value is -2.77. The molecule has 0 aliphatic carbocycles. The summed E-state index contributed by atoms with van der Waals surface area (Å²) in [6, 6.07) is 15.4. The number of thiophene rings is 1. The van der Waals surface area contributed by atoms with Crippen LogP contribution in [0.15, 0.2) is 65.5 Å². The number of amides is 1. The largest absolute Gasteiger partial charge is 0.296 e. The second kappa shape index (κ2) is 6.38. The Morgan fingerprint density at radius 1 is 1.04 bits per heavy atom. The topological polar surface area (TPSA) is 59.8 Å². The number of benzene rings is 1. The van der Waals surface area contributed by atoms with E-state index in [0.29, 0.717) is 10.8 Å². The predicted molar refractivity (Wildman–Crippen MR) is 96.9 cm³/mol. The first-order chi connectivity index (χ1) is 11.8. The van der Waals surface area contributed by atoms with E-state index in [4.69, 9.17) is 0 Å². The molecule has 7 heteroatoms. The molecule has 4 rings (SSSR count). The van der Waals surface area contributed by atoms with E-state index in [9.17, 15) is 4.79 Å². The molecule has 0 saturated carbocycles. The van der Waals surface area contributed by atoms with Gasteiger partial charge in [-0.15, -0.1) is 22.7 Å². The monoisotopic (exact) mass is 352 g/mol. The summed E-state index contributed by atoms with van der Waals surface area (Å²) in [5, 5.41) is 11.8. The van der Waals surface area contributed by atoms with E-state index >= 15 is 0 Å². The molecule has 4 aromatic rings. The number of rotatable bonds is 4. The smallest absolute Gasteiger partial charge is 0.276 e. The number of nitrogens with zero attached hydrogens (tertiary/aromatic N) is 3. The van der Waals surface area contributed by atoms with Gasteiger partial charge in [0.25, 0.3) is 5.91 Å². The maximum atomic E-state index is 12.7. The Balaban J connectivity index is 1.77. The van der Waals surface area contributed by atoms with Crippen LogP contribution in [0.25, 0.3) is 16.3 Å². The molecule has 0 aliphatic heterocycles. The van der Waals surface area contributed by atoms with Gasteiger partial charge >= 0.3 is 0 Å². The number of carbonyl (C=O) groups excluding carboxylic acids is 1. The summed E-state index contributed by atoms with van der Waals surface area (Å²) in [4.78, 5) is 17.8. The maximum Gasteiger partial charge on any atom is 0.276 e. The van der Waals surface area contributed by atoms with E-state index in [2.05, 4.69) is 15.4 Å². The number of hydrogen-bond acceptors (Lipinski definition) is 5.